The lowest BCUT2D eigenvalue weighted by molar-refractivity contribution is -0.141. The molecule has 4 aliphatic rings. The number of hydrogen-bond acceptors (Lipinski definition) is 4. The van der Waals surface area contributed by atoms with Crippen LogP contribution in [0.15, 0.2) is 48.5 Å². The second kappa shape index (κ2) is 7.89. The highest BCUT2D eigenvalue weighted by Gasteiger charge is 2.49. The van der Waals surface area contributed by atoms with Crippen molar-refractivity contribution >= 4 is 6.09 Å². The van der Waals surface area contributed by atoms with Gasteiger partial charge in [0.2, 0.25) is 0 Å². The Hall–Kier alpha value is -2.37. The maximum Gasteiger partial charge on any atom is 0.410 e. The second-order valence-corrected chi connectivity index (χ2v) is 10.2. The number of amides is 1. The third kappa shape index (κ3) is 3.43. The van der Waals surface area contributed by atoms with Crippen molar-refractivity contribution in [3.63, 3.8) is 0 Å². The number of hydrogen-bond donors (Lipinski definition) is 1. The van der Waals surface area contributed by atoms with Crippen molar-refractivity contribution < 1.29 is 19.4 Å². The van der Waals surface area contributed by atoms with Crippen LogP contribution in [0.2, 0.25) is 0 Å². The molecule has 1 saturated carbocycles. The van der Waals surface area contributed by atoms with Crippen molar-refractivity contribution in [3.05, 3.63) is 59.7 Å². The molecule has 1 amide bonds. The Balaban J connectivity index is 1.17. The monoisotopic (exact) mass is 433 g/mol. The molecule has 0 spiro atoms. The van der Waals surface area contributed by atoms with E-state index in [2.05, 4.69) is 48.5 Å². The van der Waals surface area contributed by atoms with E-state index < -0.39 is 5.60 Å². The van der Waals surface area contributed by atoms with Crippen LogP contribution in [0.3, 0.4) is 0 Å². The van der Waals surface area contributed by atoms with Gasteiger partial charge in [-0.15, -0.1) is 0 Å². The van der Waals surface area contributed by atoms with Crippen LogP contribution in [0, 0.1) is 5.92 Å². The molecule has 2 unspecified atom stereocenters. The summed E-state index contributed by atoms with van der Waals surface area (Å²) < 4.78 is 11.7. The summed E-state index contributed by atoms with van der Waals surface area (Å²) in [5.41, 5.74) is 4.23. The number of aliphatic hydroxyl groups is 1. The van der Waals surface area contributed by atoms with E-state index in [0.29, 0.717) is 38.6 Å². The molecule has 0 radical (unpaired) electrons. The van der Waals surface area contributed by atoms with Gasteiger partial charge in [0.15, 0.2) is 0 Å². The number of rotatable bonds is 4. The SMILES string of the molecule is O=C(OCC1c2ccccc2-c2ccccc21)N1C2COCC1CC(O)(CC1CCC1)C2. The van der Waals surface area contributed by atoms with Gasteiger partial charge >= 0.3 is 6.09 Å². The van der Waals surface area contributed by atoms with Crippen LogP contribution in [0.1, 0.15) is 55.6 Å². The average molecular weight is 434 g/mol. The number of nitrogens with zero attached hydrogens (tertiary/aromatic N) is 1. The second-order valence-electron chi connectivity index (χ2n) is 10.2. The highest BCUT2D eigenvalue weighted by Crippen LogP contribution is 2.45. The van der Waals surface area contributed by atoms with Gasteiger partial charge in [-0.05, 0) is 47.4 Å². The normalized spacial score (nSPS) is 29.2. The third-order valence-corrected chi connectivity index (χ3v) is 8.08. The molecule has 2 aromatic carbocycles. The Morgan fingerprint density at radius 3 is 2.16 bits per heavy atom. The summed E-state index contributed by atoms with van der Waals surface area (Å²) >= 11 is 0. The first kappa shape index (κ1) is 20.3. The summed E-state index contributed by atoms with van der Waals surface area (Å²) in [6.45, 7) is 1.29. The van der Waals surface area contributed by atoms with Gasteiger partial charge in [-0.2, -0.15) is 0 Å². The fourth-order valence-corrected chi connectivity index (χ4v) is 6.44. The van der Waals surface area contributed by atoms with Gasteiger partial charge in [-0.1, -0.05) is 67.8 Å². The molecular weight excluding hydrogens is 402 g/mol. The maximum absolute atomic E-state index is 13.3. The molecule has 2 bridgehead atoms. The Kier molecular flexibility index (Phi) is 4.99. The fraction of sp³-hybridized carbons (Fsp3) is 0.519. The van der Waals surface area contributed by atoms with Gasteiger partial charge in [0.05, 0.1) is 30.9 Å². The van der Waals surface area contributed by atoms with E-state index in [1.54, 1.807) is 0 Å². The molecule has 32 heavy (non-hydrogen) atoms. The van der Waals surface area contributed by atoms with E-state index in [4.69, 9.17) is 9.47 Å². The largest absolute Gasteiger partial charge is 0.448 e. The first-order valence-electron chi connectivity index (χ1n) is 12.0. The highest BCUT2D eigenvalue weighted by atomic mass is 16.6. The lowest BCUT2D eigenvalue weighted by atomic mass is 9.71. The highest BCUT2D eigenvalue weighted by molar-refractivity contribution is 5.79. The summed E-state index contributed by atoms with van der Waals surface area (Å²) in [5.74, 6) is 0.699. The van der Waals surface area contributed by atoms with Crippen LogP contribution in [-0.2, 0) is 9.47 Å². The lowest BCUT2D eigenvalue weighted by Crippen LogP contribution is -2.63. The fourth-order valence-electron chi connectivity index (χ4n) is 6.44. The molecule has 0 aromatic heterocycles. The molecule has 168 valence electrons. The molecule has 2 saturated heterocycles. The van der Waals surface area contributed by atoms with E-state index in [0.717, 1.165) is 6.42 Å². The van der Waals surface area contributed by atoms with E-state index in [9.17, 15) is 9.90 Å². The van der Waals surface area contributed by atoms with Gasteiger partial charge in [-0.25, -0.2) is 4.79 Å². The van der Waals surface area contributed by atoms with Gasteiger partial charge in [-0.3, -0.25) is 4.90 Å². The Morgan fingerprint density at radius 2 is 1.59 bits per heavy atom. The summed E-state index contributed by atoms with van der Waals surface area (Å²) in [7, 11) is 0. The molecule has 2 aliphatic heterocycles. The number of carbonyl (C=O) groups excluding carboxylic acids is 1. The van der Waals surface area contributed by atoms with E-state index in [1.165, 1.54) is 41.5 Å². The lowest BCUT2D eigenvalue weighted by Gasteiger charge is -2.52. The predicted molar refractivity (Wildman–Crippen MR) is 121 cm³/mol. The first-order chi connectivity index (χ1) is 15.6. The zero-order chi connectivity index (χ0) is 21.7. The quantitative estimate of drug-likeness (QED) is 0.758. The summed E-state index contributed by atoms with van der Waals surface area (Å²) in [4.78, 5) is 15.1. The van der Waals surface area contributed by atoms with E-state index in [-0.39, 0.29) is 24.1 Å². The molecule has 6 rings (SSSR count). The number of ether oxygens (including phenoxy) is 2. The molecule has 5 nitrogen and oxygen atoms in total. The number of benzene rings is 2. The predicted octanol–water partition coefficient (Wildman–Crippen LogP) is 4.72. The van der Waals surface area contributed by atoms with Crippen molar-refractivity contribution in [1.82, 2.24) is 4.90 Å². The smallest absolute Gasteiger partial charge is 0.410 e. The number of piperidine rings is 1. The molecule has 2 aliphatic carbocycles. The Labute approximate surface area is 189 Å². The average Bonchev–Trinajstić information content (AvgIpc) is 3.08. The molecule has 2 aromatic rings. The maximum atomic E-state index is 13.3. The number of fused-ring (bicyclic) bond motifs is 5. The summed E-state index contributed by atoms with van der Waals surface area (Å²) in [6, 6.07) is 16.6. The standard InChI is InChI=1S/C27H31NO4/c29-26(28-19-13-27(30,12-18-6-5-7-18)14-20(28)16-31-15-19)32-17-25-23-10-3-1-8-21(23)22-9-2-4-11-24(22)25/h1-4,8-11,18-20,25,30H,5-7,12-17H2. The summed E-state index contributed by atoms with van der Waals surface area (Å²) in [5, 5.41) is 11.3. The van der Waals surface area contributed by atoms with Gasteiger partial charge in [0.25, 0.3) is 0 Å². The minimum atomic E-state index is -0.676. The van der Waals surface area contributed by atoms with Crippen LogP contribution < -0.4 is 0 Å². The minimum absolute atomic E-state index is 0.0581. The molecule has 5 heteroatoms. The van der Waals surface area contributed by atoms with Crippen LogP contribution in [-0.4, -0.2) is 53.6 Å². The summed E-state index contributed by atoms with van der Waals surface area (Å²) in [6.07, 6.45) is 5.50. The van der Waals surface area contributed by atoms with Crippen molar-refractivity contribution in [1.29, 1.82) is 0 Å². The molecular formula is C27H31NO4. The van der Waals surface area contributed by atoms with Crippen molar-refractivity contribution in [2.24, 2.45) is 5.92 Å². The zero-order valence-corrected chi connectivity index (χ0v) is 18.4. The van der Waals surface area contributed by atoms with Gasteiger partial charge in [0, 0.05) is 5.92 Å². The number of morpholine rings is 1. The molecule has 3 fully saturated rings. The van der Waals surface area contributed by atoms with Crippen LogP contribution >= 0.6 is 0 Å². The van der Waals surface area contributed by atoms with Crippen molar-refractivity contribution in [2.45, 2.75) is 62.1 Å². The Morgan fingerprint density at radius 1 is 1.00 bits per heavy atom. The van der Waals surface area contributed by atoms with E-state index >= 15 is 0 Å². The van der Waals surface area contributed by atoms with Gasteiger partial charge < -0.3 is 14.6 Å². The molecule has 1 N–H and O–H groups in total. The van der Waals surface area contributed by atoms with Crippen LogP contribution in [0.5, 0.6) is 0 Å². The molecule has 2 heterocycles. The first-order valence-corrected chi connectivity index (χ1v) is 12.0. The zero-order valence-electron chi connectivity index (χ0n) is 18.4. The minimum Gasteiger partial charge on any atom is -0.448 e. The topological polar surface area (TPSA) is 59.0 Å². The molecule has 2 atom stereocenters. The van der Waals surface area contributed by atoms with Crippen LogP contribution in [0.4, 0.5) is 4.79 Å². The van der Waals surface area contributed by atoms with E-state index in [1.807, 2.05) is 4.90 Å². The van der Waals surface area contributed by atoms with Crippen molar-refractivity contribution in [2.75, 3.05) is 19.8 Å². The van der Waals surface area contributed by atoms with Crippen LogP contribution in [0.25, 0.3) is 11.1 Å². The van der Waals surface area contributed by atoms with Gasteiger partial charge in [0.1, 0.15) is 6.61 Å². The third-order valence-electron chi connectivity index (χ3n) is 8.08. The van der Waals surface area contributed by atoms with Crippen molar-refractivity contribution in [3.8, 4) is 11.1 Å². The number of carbonyl (C=O) groups is 1. The Bertz CT molecular complexity index is 957.